The molecule has 0 fully saturated rings. The van der Waals surface area contributed by atoms with E-state index in [1.807, 2.05) is 12.1 Å². The second-order valence-corrected chi connectivity index (χ2v) is 6.90. The van der Waals surface area contributed by atoms with Crippen LogP contribution in [0.5, 0.6) is 0 Å². The summed E-state index contributed by atoms with van der Waals surface area (Å²) in [5, 5.41) is 3.16. The van der Waals surface area contributed by atoms with Crippen LogP contribution in [-0.4, -0.2) is 31.8 Å². The standard InChI is InChI=1S/C14H18N4O2S/c1-18(2)21(19,20)12-5-6-14(13(15)8-12)17-10-11-4-3-7-16-9-11/h3-9,17H,10,15H2,1-2H3. The topological polar surface area (TPSA) is 88.3 Å². The third-order valence-corrected chi connectivity index (χ3v) is 4.82. The molecule has 7 heteroatoms. The van der Waals surface area contributed by atoms with Crippen molar-refractivity contribution in [2.75, 3.05) is 25.1 Å². The van der Waals surface area contributed by atoms with Gasteiger partial charge in [0.25, 0.3) is 0 Å². The normalized spacial score (nSPS) is 11.6. The molecule has 0 amide bonds. The van der Waals surface area contributed by atoms with E-state index in [1.54, 1.807) is 18.5 Å². The van der Waals surface area contributed by atoms with Crippen LogP contribution in [0, 0.1) is 0 Å². The van der Waals surface area contributed by atoms with Crippen molar-refractivity contribution in [3.63, 3.8) is 0 Å². The van der Waals surface area contributed by atoms with E-state index in [-0.39, 0.29) is 4.90 Å². The van der Waals surface area contributed by atoms with Gasteiger partial charge in [-0.05, 0) is 29.8 Å². The number of hydrogen-bond donors (Lipinski definition) is 2. The molecule has 1 aromatic carbocycles. The fourth-order valence-corrected chi connectivity index (χ4v) is 2.71. The molecule has 1 heterocycles. The van der Waals surface area contributed by atoms with Crippen molar-refractivity contribution in [3.8, 4) is 0 Å². The summed E-state index contributed by atoms with van der Waals surface area (Å²) in [5.41, 5.74) is 8.02. The molecule has 0 unspecified atom stereocenters. The Balaban J connectivity index is 2.17. The molecular formula is C14H18N4O2S. The third-order valence-electron chi connectivity index (χ3n) is 3.01. The van der Waals surface area contributed by atoms with Crippen LogP contribution < -0.4 is 11.1 Å². The van der Waals surface area contributed by atoms with Gasteiger partial charge in [0, 0.05) is 33.0 Å². The summed E-state index contributed by atoms with van der Waals surface area (Å²) in [6.07, 6.45) is 3.47. The average Bonchev–Trinajstić information content (AvgIpc) is 2.46. The van der Waals surface area contributed by atoms with Crippen LogP contribution in [-0.2, 0) is 16.6 Å². The second-order valence-electron chi connectivity index (χ2n) is 4.75. The lowest BCUT2D eigenvalue weighted by molar-refractivity contribution is 0.521. The number of anilines is 2. The predicted molar refractivity (Wildman–Crippen MR) is 83.3 cm³/mol. The molecule has 0 radical (unpaired) electrons. The van der Waals surface area contributed by atoms with Crippen LogP contribution in [0.2, 0.25) is 0 Å². The summed E-state index contributed by atoms with van der Waals surface area (Å²) in [6, 6.07) is 8.47. The van der Waals surface area contributed by atoms with Gasteiger partial charge in [-0.2, -0.15) is 0 Å². The second kappa shape index (κ2) is 6.11. The van der Waals surface area contributed by atoms with E-state index in [0.29, 0.717) is 17.9 Å². The molecule has 112 valence electrons. The highest BCUT2D eigenvalue weighted by Crippen LogP contribution is 2.24. The molecule has 0 saturated heterocycles. The number of nitrogens with zero attached hydrogens (tertiary/aromatic N) is 2. The Morgan fingerprint density at radius 2 is 2.05 bits per heavy atom. The van der Waals surface area contributed by atoms with E-state index in [1.165, 1.54) is 26.2 Å². The number of nitrogens with two attached hydrogens (primary N) is 1. The molecule has 0 aliphatic carbocycles. The number of hydrogen-bond acceptors (Lipinski definition) is 5. The van der Waals surface area contributed by atoms with Crippen LogP contribution in [0.25, 0.3) is 0 Å². The highest BCUT2D eigenvalue weighted by atomic mass is 32.2. The Morgan fingerprint density at radius 3 is 2.62 bits per heavy atom. The molecule has 0 saturated carbocycles. The maximum Gasteiger partial charge on any atom is 0.242 e. The van der Waals surface area contributed by atoms with E-state index < -0.39 is 10.0 Å². The van der Waals surface area contributed by atoms with Gasteiger partial charge in [-0.3, -0.25) is 4.98 Å². The zero-order valence-electron chi connectivity index (χ0n) is 11.9. The number of sulfonamides is 1. The molecule has 2 aromatic rings. The van der Waals surface area contributed by atoms with Gasteiger partial charge in [0.15, 0.2) is 0 Å². The number of pyridine rings is 1. The lowest BCUT2D eigenvalue weighted by Crippen LogP contribution is -2.22. The highest BCUT2D eigenvalue weighted by molar-refractivity contribution is 7.89. The lowest BCUT2D eigenvalue weighted by atomic mass is 10.2. The number of aromatic nitrogens is 1. The van der Waals surface area contributed by atoms with E-state index in [9.17, 15) is 8.42 Å². The minimum absolute atomic E-state index is 0.178. The first-order valence-electron chi connectivity index (χ1n) is 6.36. The molecule has 0 aliphatic rings. The molecule has 6 nitrogen and oxygen atoms in total. The van der Waals surface area contributed by atoms with Crippen molar-refractivity contribution in [1.29, 1.82) is 0 Å². The Labute approximate surface area is 124 Å². The molecule has 0 spiro atoms. The Hall–Kier alpha value is -2.12. The molecule has 0 aliphatic heterocycles. The van der Waals surface area contributed by atoms with Crippen molar-refractivity contribution in [2.24, 2.45) is 0 Å². The summed E-state index contributed by atoms with van der Waals surface area (Å²) in [7, 11) is -0.495. The largest absolute Gasteiger partial charge is 0.397 e. The quantitative estimate of drug-likeness (QED) is 0.818. The molecule has 21 heavy (non-hydrogen) atoms. The first-order chi connectivity index (χ1) is 9.91. The van der Waals surface area contributed by atoms with Gasteiger partial charge in [-0.15, -0.1) is 0 Å². The predicted octanol–water partition coefficient (Wildman–Crippen LogP) is 1.53. The van der Waals surface area contributed by atoms with Crippen LogP contribution in [0.3, 0.4) is 0 Å². The van der Waals surface area contributed by atoms with E-state index in [2.05, 4.69) is 10.3 Å². The average molecular weight is 306 g/mol. The van der Waals surface area contributed by atoms with Crippen molar-refractivity contribution >= 4 is 21.4 Å². The Kier molecular flexibility index (Phi) is 4.44. The Bertz CT molecular complexity index is 715. The number of rotatable bonds is 5. The molecular weight excluding hydrogens is 288 g/mol. The van der Waals surface area contributed by atoms with Crippen LogP contribution in [0.1, 0.15) is 5.56 Å². The Morgan fingerprint density at radius 1 is 1.29 bits per heavy atom. The summed E-state index contributed by atoms with van der Waals surface area (Å²) >= 11 is 0. The van der Waals surface area contributed by atoms with Gasteiger partial charge >= 0.3 is 0 Å². The zero-order chi connectivity index (χ0) is 15.5. The van der Waals surface area contributed by atoms with Gasteiger partial charge in [0.2, 0.25) is 10.0 Å². The zero-order valence-corrected chi connectivity index (χ0v) is 12.8. The maximum absolute atomic E-state index is 12.0. The number of benzene rings is 1. The van der Waals surface area contributed by atoms with Gasteiger partial charge in [-0.1, -0.05) is 6.07 Å². The first-order valence-corrected chi connectivity index (χ1v) is 7.80. The highest BCUT2D eigenvalue weighted by Gasteiger charge is 2.17. The molecule has 1 aromatic heterocycles. The van der Waals surface area contributed by atoms with Gasteiger partial charge in [0.1, 0.15) is 0 Å². The van der Waals surface area contributed by atoms with Gasteiger partial charge in [0.05, 0.1) is 16.3 Å². The summed E-state index contributed by atoms with van der Waals surface area (Å²) in [6.45, 7) is 0.567. The van der Waals surface area contributed by atoms with Gasteiger partial charge < -0.3 is 11.1 Å². The number of nitrogen functional groups attached to an aromatic ring is 1. The SMILES string of the molecule is CN(C)S(=O)(=O)c1ccc(NCc2cccnc2)c(N)c1. The summed E-state index contributed by atoms with van der Waals surface area (Å²) in [5.74, 6) is 0. The van der Waals surface area contributed by atoms with Crippen LogP contribution in [0.4, 0.5) is 11.4 Å². The fourth-order valence-electron chi connectivity index (χ4n) is 1.77. The molecule has 0 atom stereocenters. The van der Waals surface area contributed by atoms with Crippen molar-refractivity contribution in [1.82, 2.24) is 9.29 Å². The molecule has 2 rings (SSSR count). The molecule has 0 bridgehead atoms. The maximum atomic E-state index is 12.0. The lowest BCUT2D eigenvalue weighted by Gasteiger charge is -2.14. The summed E-state index contributed by atoms with van der Waals surface area (Å²) in [4.78, 5) is 4.21. The molecule has 3 N–H and O–H groups in total. The fraction of sp³-hybridized carbons (Fsp3) is 0.214. The van der Waals surface area contributed by atoms with Crippen molar-refractivity contribution in [2.45, 2.75) is 11.4 Å². The smallest absolute Gasteiger partial charge is 0.242 e. The van der Waals surface area contributed by atoms with Crippen LogP contribution in [0.15, 0.2) is 47.6 Å². The van der Waals surface area contributed by atoms with E-state index in [4.69, 9.17) is 5.73 Å². The first kappa shape index (κ1) is 15.3. The monoisotopic (exact) mass is 306 g/mol. The third kappa shape index (κ3) is 3.50. The minimum atomic E-state index is -3.47. The van der Waals surface area contributed by atoms with Crippen molar-refractivity contribution in [3.05, 3.63) is 48.3 Å². The van der Waals surface area contributed by atoms with Gasteiger partial charge in [-0.25, -0.2) is 12.7 Å². The minimum Gasteiger partial charge on any atom is -0.397 e. The summed E-state index contributed by atoms with van der Waals surface area (Å²) < 4.78 is 25.2. The number of nitrogens with one attached hydrogen (secondary N) is 1. The van der Waals surface area contributed by atoms with E-state index in [0.717, 1.165) is 9.87 Å². The van der Waals surface area contributed by atoms with E-state index >= 15 is 0 Å². The van der Waals surface area contributed by atoms with Crippen molar-refractivity contribution < 1.29 is 8.42 Å². The van der Waals surface area contributed by atoms with Crippen LogP contribution >= 0.6 is 0 Å².